The van der Waals surface area contributed by atoms with Crippen molar-refractivity contribution in [2.45, 2.75) is 44.7 Å². The van der Waals surface area contributed by atoms with Crippen LogP contribution in [-0.2, 0) is 38.3 Å². The molecule has 186 valence electrons. The zero-order valence-electron chi connectivity index (χ0n) is 19.7. The predicted octanol–water partition coefficient (Wildman–Crippen LogP) is 8.22. The van der Waals surface area contributed by atoms with E-state index < -0.39 is 17.6 Å². The Hall–Kier alpha value is -3.54. The molecule has 36 heavy (non-hydrogen) atoms. The lowest BCUT2D eigenvalue weighted by Crippen LogP contribution is -2.08. The van der Waals surface area contributed by atoms with Gasteiger partial charge in [-0.05, 0) is 84.4 Å². The molecule has 3 aromatic carbocycles. The third-order valence-electron chi connectivity index (χ3n) is 6.31. The van der Waals surface area contributed by atoms with Gasteiger partial charge in [0.1, 0.15) is 11.6 Å². The smallest absolute Gasteiger partial charge is 0.261 e. The van der Waals surface area contributed by atoms with Crippen LogP contribution in [0.5, 0.6) is 0 Å². The lowest BCUT2D eigenvalue weighted by molar-refractivity contribution is -0.140. The van der Waals surface area contributed by atoms with Crippen LogP contribution in [0.3, 0.4) is 0 Å². The van der Waals surface area contributed by atoms with Crippen LogP contribution in [0, 0.1) is 11.6 Å². The minimum Gasteiger partial charge on any atom is -0.261 e. The first-order chi connectivity index (χ1) is 17.2. The summed E-state index contributed by atoms with van der Waals surface area (Å²) in [6.45, 7) is 3.73. The van der Waals surface area contributed by atoms with Gasteiger partial charge in [-0.2, -0.15) is 13.2 Å². The zero-order valence-corrected chi connectivity index (χ0v) is 19.7. The van der Waals surface area contributed by atoms with Crippen LogP contribution in [0.25, 0.3) is 10.8 Å². The average Bonchev–Trinajstić information content (AvgIpc) is 2.85. The fourth-order valence-corrected chi connectivity index (χ4v) is 4.25. The molecule has 0 saturated carbocycles. The van der Waals surface area contributed by atoms with Crippen LogP contribution in [0.4, 0.5) is 22.0 Å². The summed E-state index contributed by atoms with van der Waals surface area (Å²) in [6.07, 6.45) is 2.93. The first-order valence-electron chi connectivity index (χ1n) is 11.8. The molecule has 0 atom stereocenters. The molecule has 0 aliphatic rings. The third-order valence-corrected chi connectivity index (χ3v) is 6.31. The Labute approximate surface area is 207 Å². The number of hydrogen-bond donors (Lipinski definition) is 0. The number of allylic oxidation sites excluding steroid dienone is 1. The Morgan fingerprint density at radius 2 is 1.47 bits per heavy atom. The second-order valence-corrected chi connectivity index (χ2v) is 8.89. The lowest BCUT2D eigenvalue weighted by atomic mass is 9.97. The van der Waals surface area contributed by atoms with E-state index in [0.29, 0.717) is 16.5 Å². The Morgan fingerprint density at radius 1 is 0.750 bits per heavy atom. The van der Waals surface area contributed by atoms with Gasteiger partial charge in [0.05, 0.1) is 5.56 Å². The van der Waals surface area contributed by atoms with Gasteiger partial charge < -0.3 is 0 Å². The normalized spacial score (nSPS) is 11.7. The first kappa shape index (κ1) is 25.5. The second kappa shape index (κ2) is 11.0. The molecular formula is C30H26F5N. The fraction of sp³-hybridized carbons (Fsp3) is 0.233. The molecular weight excluding hydrogens is 469 g/mol. The van der Waals surface area contributed by atoms with Crippen molar-refractivity contribution in [1.82, 2.24) is 4.98 Å². The van der Waals surface area contributed by atoms with E-state index in [-0.39, 0.29) is 18.7 Å². The number of aryl methyl sites for hydroxylation is 5. The molecule has 0 spiro atoms. The minimum absolute atomic E-state index is 0.231. The molecule has 0 radical (unpaired) electrons. The summed E-state index contributed by atoms with van der Waals surface area (Å²) in [5.41, 5.74) is 2.79. The molecule has 1 nitrogen and oxygen atoms in total. The number of benzene rings is 3. The maximum absolute atomic E-state index is 15.1. The van der Waals surface area contributed by atoms with Crippen LogP contribution >= 0.6 is 0 Å². The Balaban J connectivity index is 1.41. The monoisotopic (exact) mass is 495 g/mol. The minimum atomic E-state index is -4.74. The molecule has 0 aliphatic carbocycles. The molecule has 4 aromatic rings. The van der Waals surface area contributed by atoms with E-state index >= 15 is 4.39 Å². The summed E-state index contributed by atoms with van der Waals surface area (Å²) in [6, 6.07) is 16.1. The van der Waals surface area contributed by atoms with Gasteiger partial charge in [-0.25, -0.2) is 8.78 Å². The van der Waals surface area contributed by atoms with Crippen molar-refractivity contribution in [3.8, 4) is 0 Å². The highest BCUT2D eigenvalue weighted by Gasteiger charge is 2.33. The summed E-state index contributed by atoms with van der Waals surface area (Å²) < 4.78 is 67.2. The van der Waals surface area contributed by atoms with Crippen molar-refractivity contribution in [3.63, 3.8) is 0 Å². The highest BCUT2D eigenvalue weighted by atomic mass is 19.4. The summed E-state index contributed by atoms with van der Waals surface area (Å²) in [5.74, 6) is -1.67. The van der Waals surface area contributed by atoms with Gasteiger partial charge in [-0.15, -0.1) is 6.58 Å². The Morgan fingerprint density at radius 3 is 2.17 bits per heavy atom. The van der Waals surface area contributed by atoms with E-state index in [0.717, 1.165) is 54.5 Å². The van der Waals surface area contributed by atoms with Crippen molar-refractivity contribution in [2.75, 3.05) is 0 Å². The number of halogens is 5. The standard InChI is InChI=1S/C30H26F5N/c1-2-3-4-22-7-14-25(36-19-22)13-6-20-8-15-26-24(17-20)12-11-23(29(26)32)10-5-21-9-16-27(28(31)18-21)30(33,34)35/h2,7-9,11-12,14-19H,1,3-6,10,13H2. The van der Waals surface area contributed by atoms with E-state index in [9.17, 15) is 17.6 Å². The summed E-state index contributed by atoms with van der Waals surface area (Å²) in [5, 5.41) is 1.27. The fourth-order valence-electron chi connectivity index (χ4n) is 4.25. The van der Waals surface area contributed by atoms with Gasteiger partial charge in [0.15, 0.2) is 0 Å². The molecule has 0 saturated heterocycles. The van der Waals surface area contributed by atoms with Gasteiger partial charge in [-0.1, -0.05) is 48.5 Å². The molecule has 6 heteroatoms. The molecule has 1 aromatic heterocycles. The second-order valence-electron chi connectivity index (χ2n) is 8.89. The van der Waals surface area contributed by atoms with E-state index in [4.69, 9.17) is 0 Å². The Kier molecular flexibility index (Phi) is 7.82. The lowest BCUT2D eigenvalue weighted by Gasteiger charge is -2.11. The highest BCUT2D eigenvalue weighted by Crippen LogP contribution is 2.32. The quantitative estimate of drug-likeness (QED) is 0.168. The topological polar surface area (TPSA) is 12.9 Å². The predicted molar refractivity (Wildman–Crippen MR) is 133 cm³/mol. The van der Waals surface area contributed by atoms with Crippen molar-refractivity contribution >= 4 is 10.8 Å². The number of rotatable bonds is 9. The van der Waals surface area contributed by atoms with Gasteiger partial charge in [0.2, 0.25) is 0 Å². The SMILES string of the molecule is C=CCCc1ccc(CCc2ccc3c(F)c(CCc4ccc(C(F)(F)F)c(F)c4)ccc3c2)nc1. The molecule has 0 aliphatic heterocycles. The summed E-state index contributed by atoms with van der Waals surface area (Å²) in [4.78, 5) is 4.53. The Bertz CT molecular complexity index is 1360. The molecule has 0 unspecified atom stereocenters. The van der Waals surface area contributed by atoms with Crippen LogP contribution in [0.15, 0.2) is 79.5 Å². The first-order valence-corrected chi connectivity index (χ1v) is 11.8. The zero-order chi connectivity index (χ0) is 25.7. The van der Waals surface area contributed by atoms with E-state index in [1.54, 1.807) is 12.1 Å². The van der Waals surface area contributed by atoms with E-state index in [1.807, 2.05) is 36.5 Å². The van der Waals surface area contributed by atoms with Crippen LogP contribution in [0.2, 0.25) is 0 Å². The van der Waals surface area contributed by atoms with Crippen molar-refractivity contribution in [2.24, 2.45) is 0 Å². The molecule has 0 bridgehead atoms. The molecule has 0 N–H and O–H groups in total. The molecule has 0 fully saturated rings. The summed E-state index contributed by atoms with van der Waals surface area (Å²) in [7, 11) is 0. The van der Waals surface area contributed by atoms with Gasteiger partial charge in [0.25, 0.3) is 0 Å². The average molecular weight is 496 g/mol. The van der Waals surface area contributed by atoms with E-state index in [1.165, 1.54) is 11.6 Å². The van der Waals surface area contributed by atoms with Gasteiger partial charge in [0, 0.05) is 17.3 Å². The number of nitrogens with zero attached hydrogens (tertiary/aromatic N) is 1. The number of hydrogen-bond acceptors (Lipinski definition) is 1. The third kappa shape index (κ3) is 6.17. The molecule has 1 heterocycles. The number of fused-ring (bicyclic) bond motifs is 1. The maximum atomic E-state index is 15.1. The molecule has 4 rings (SSSR count). The van der Waals surface area contributed by atoms with Gasteiger partial charge >= 0.3 is 6.18 Å². The van der Waals surface area contributed by atoms with Crippen LogP contribution < -0.4 is 0 Å². The van der Waals surface area contributed by atoms with Crippen LogP contribution in [-0.4, -0.2) is 4.98 Å². The number of alkyl halides is 3. The highest BCUT2D eigenvalue weighted by molar-refractivity contribution is 5.84. The van der Waals surface area contributed by atoms with E-state index in [2.05, 4.69) is 17.6 Å². The maximum Gasteiger partial charge on any atom is 0.419 e. The molecule has 0 amide bonds. The van der Waals surface area contributed by atoms with Crippen molar-refractivity contribution in [1.29, 1.82) is 0 Å². The largest absolute Gasteiger partial charge is 0.419 e. The van der Waals surface area contributed by atoms with Gasteiger partial charge in [-0.3, -0.25) is 4.98 Å². The van der Waals surface area contributed by atoms with Crippen molar-refractivity contribution < 1.29 is 22.0 Å². The number of aromatic nitrogens is 1. The summed E-state index contributed by atoms with van der Waals surface area (Å²) >= 11 is 0. The van der Waals surface area contributed by atoms with Crippen molar-refractivity contribution in [3.05, 3.63) is 125 Å². The van der Waals surface area contributed by atoms with Crippen LogP contribution in [0.1, 0.15) is 39.9 Å². The number of pyridine rings is 1.